The van der Waals surface area contributed by atoms with E-state index in [-0.39, 0.29) is 23.7 Å². The number of nitrogens with zero attached hydrogens (tertiary/aromatic N) is 2. The lowest BCUT2D eigenvalue weighted by Crippen LogP contribution is -2.35. The Hall–Kier alpha value is -1.95. The van der Waals surface area contributed by atoms with Gasteiger partial charge in [-0.15, -0.1) is 0 Å². The maximum atomic E-state index is 12.3. The van der Waals surface area contributed by atoms with E-state index in [0.717, 1.165) is 24.9 Å². The summed E-state index contributed by atoms with van der Waals surface area (Å²) in [4.78, 5) is 24.4. The van der Waals surface area contributed by atoms with E-state index in [1.165, 1.54) is 12.1 Å². The summed E-state index contributed by atoms with van der Waals surface area (Å²) in [5.41, 5.74) is 0.831. The minimum Gasteiger partial charge on any atom is -0.339 e. The van der Waals surface area contributed by atoms with E-state index in [9.17, 15) is 14.9 Å². The van der Waals surface area contributed by atoms with Crippen molar-refractivity contribution in [3.05, 3.63) is 39.9 Å². The molecule has 1 saturated heterocycles. The van der Waals surface area contributed by atoms with E-state index in [1.54, 1.807) is 18.0 Å². The Morgan fingerprint density at radius 1 is 1.57 bits per heavy atom. The topological polar surface area (TPSA) is 75.5 Å². The fraction of sp³-hybridized carbons (Fsp3) is 0.533. The fourth-order valence-electron chi connectivity index (χ4n) is 2.62. The number of nitro groups is 1. The Bertz CT molecular complexity index is 527. The van der Waals surface area contributed by atoms with Crippen molar-refractivity contribution >= 4 is 11.6 Å². The van der Waals surface area contributed by atoms with Crippen LogP contribution >= 0.6 is 0 Å². The predicted octanol–water partition coefficient (Wildman–Crippen LogP) is 2.26. The molecular formula is C15H21N3O3. The number of carbonyl (C=O) groups excluding carboxylic acids is 1. The van der Waals surface area contributed by atoms with Crippen LogP contribution in [0.15, 0.2) is 24.3 Å². The Labute approximate surface area is 124 Å². The molecule has 2 unspecified atom stereocenters. The normalized spacial score (nSPS) is 19.2. The van der Waals surface area contributed by atoms with Gasteiger partial charge < -0.3 is 10.2 Å². The molecule has 21 heavy (non-hydrogen) atoms. The van der Waals surface area contributed by atoms with Crippen LogP contribution in [-0.4, -0.2) is 35.4 Å². The average molecular weight is 291 g/mol. The van der Waals surface area contributed by atoms with Crippen LogP contribution in [0, 0.1) is 10.1 Å². The minimum absolute atomic E-state index is 0.0534. The molecule has 6 nitrogen and oxygen atoms in total. The second-order valence-electron chi connectivity index (χ2n) is 5.53. The summed E-state index contributed by atoms with van der Waals surface area (Å²) in [7, 11) is 1.75. The first kappa shape index (κ1) is 15.4. The van der Waals surface area contributed by atoms with Gasteiger partial charge in [0.15, 0.2) is 0 Å². The number of non-ortho nitro benzene ring substituents is 1. The van der Waals surface area contributed by atoms with Crippen LogP contribution in [0.2, 0.25) is 0 Å². The van der Waals surface area contributed by atoms with Crippen LogP contribution < -0.4 is 5.32 Å². The molecule has 1 aromatic rings. The summed E-state index contributed by atoms with van der Waals surface area (Å²) < 4.78 is 0. The Morgan fingerprint density at radius 2 is 2.33 bits per heavy atom. The summed E-state index contributed by atoms with van der Waals surface area (Å²) in [6.45, 7) is 2.86. The number of hydrogen-bond acceptors (Lipinski definition) is 4. The molecule has 0 aromatic heterocycles. The molecule has 1 N–H and O–H groups in total. The van der Waals surface area contributed by atoms with Crippen molar-refractivity contribution in [1.29, 1.82) is 0 Å². The Morgan fingerprint density at radius 3 is 2.95 bits per heavy atom. The van der Waals surface area contributed by atoms with E-state index in [2.05, 4.69) is 5.32 Å². The molecule has 0 spiro atoms. The first-order valence-electron chi connectivity index (χ1n) is 7.22. The molecule has 1 aliphatic heterocycles. The molecule has 0 aliphatic carbocycles. The number of nitro benzene ring substituents is 1. The van der Waals surface area contributed by atoms with E-state index in [1.807, 2.05) is 13.0 Å². The first-order valence-corrected chi connectivity index (χ1v) is 7.22. The zero-order valence-corrected chi connectivity index (χ0v) is 12.4. The van der Waals surface area contributed by atoms with Gasteiger partial charge in [0.05, 0.1) is 11.0 Å². The van der Waals surface area contributed by atoms with Crippen molar-refractivity contribution in [2.45, 2.75) is 38.3 Å². The highest BCUT2D eigenvalue weighted by Crippen LogP contribution is 2.24. The number of benzene rings is 1. The third-order valence-corrected chi connectivity index (χ3v) is 4.12. The van der Waals surface area contributed by atoms with Gasteiger partial charge in [0.1, 0.15) is 0 Å². The largest absolute Gasteiger partial charge is 0.339 e. The van der Waals surface area contributed by atoms with Gasteiger partial charge in [0.25, 0.3) is 5.69 Å². The van der Waals surface area contributed by atoms with Crippen molar-refractivity contribution in [1.82, 2.24) is 10.2 Å². The van der Waals surface area contributed by atoms with Crippen LogP contribution in [0.3, 0.4) is 0 Å². The number of rotatable bonds is 5. The van der Waals surface area contributed by atoms with Gasteiger partial charge >= 0.3 is 0 Å². The molecule has 1 amide bonds. The lowest BCUT2D eigenvalue weighted by Gasteiger charge is -2.26. The minimum atomic E-state index is -0.416. The molecule has 1 fully saturated rings. The second kappa shape index (κ2) is 6.67. The summed E-state index contributed by atoms with van der Waals surface area (Å²) in [5, 5.41) is 14.1. The van der Waals surface area contributed by atoms with Gasteiger partial charge in [-0.1, -0.05) is 12.1 Å². The summed E-state index contributed by atoms with van der Waals surface area (Å²) >= 11 is 0. The van der Waals surface area contributed by atoms with Gasteiger partial charge in [-0.2, -0.15) is 0 Å². The number of amides is 1. The zero-order valence-electron chi connectivity index (χ0n) is 12.4. The predicted molar refractivity (Wildman–Crippen MR) is 79.9 cm³/mol. The summed E-state index contributed by atoms with van der Waals surface area (Å²) in [5.74, 6) is 0.0633. The van der Waals surface area contributed by atoms with Gasteiger partial charge in [-0.25, -0.2) is 0 Å². The third kappa shape index (κ3) is 3.78. The average Bonchev–Trinajstić information content (AvgIpc) is 2.98. The van der Waals surface area contributed by atoms with Gasteiger partial charge in [-0.05, 0) is 31.9 Å². The van der Waals surface area contributed by atoms with Crippen molar-refractivity contribution < 1.29 is 9.72 Å². The highest BCUT2D eigenvalue weighted by Gasteiger charge is 2.23. The molecule has 0 bridgehead atoms. The highest BCUT2D eigenvalue weighted by atomic mass is 16.6. The maximum Gasteiger partial charge on any atom is 0.269 e. The SMILES string of the molecule is CC(c1cccc([N+](=O)[O-])c1)N(C)C(=O)CC1CCCN1. The molecule has 1 aliphatic rings. The van der Waals surface area contributed by atoms with E-state index >= 15 is 0 Å². The Kier molecular flexibility index (Phi) is 4.90. The molecule has 1 heterocycles. The number of nitrogens with one attached hydrogen (secondary N) is 1. The number of carbonyl (C=O) groups is 1. The molecule has 6 heteroatoms. The van der Waals surface area contributed by atoms with E-state index < -0.39 is 4.92 Å². The fourth-order valence-corrected chi connectivity index (χ4v) is 2.62. The lowest BCUT2D eigenvalue weighted by molar-refractivity contribution is -0.384. The molecule has 0 saturated carbocycles. The van der Waals surface area contributed by atoms with Crippen molar-refractivity contribution in [3.8, 4) is 0 Å². The standard InChI is InChI=1S/C15H21N3O3/c1-11(12-5-3-7-14(9-12)18(20)21)17(2)15(19)10-13-6-4-8-16-13/h3,5,7,9,11,13,16H,4,6,8,10H2,1-2H3. The first-order chi connectivity index (χ1) is 9.99. The van der Waals surface area contributed by atoms with Gasteiger partial charge in [-0.3, -0.25) is 14.9 Å². The third-order valence-electron chi connectivity index (χ3n) is 4.12. The summed E-state index contributed by atoms with van der Waals surface area (Å²) in [6, 6.07) is 6.54. The van der Waals surface area contributed by atoms with Crippen LogP contribution in [0.4, 0.5) is 5.69 Å². The number of hydrogen-bond donors (Lipinski definition) is 1. The quantitative estimate of drug-likeness (QED) is 0.667. The van der Waals surface area contributed by atoms with Crippen LogP contribution in [-0.2, 0) is 4.79 Å². The van der Waals surface area contributed by atoms with Crippen LogP contribution in [0.25, 0.3) is 0 Å². The highest BCUT2D eigenvalue weighted by molar-refractivity contribution is 5.77. The monoisotopic (exact) mass is 291 g/mol. The Balaban J connectivity index is 2.03. The van der Waals surface area contributed by atoms with Crippen LogP contribution in [0.5, 0.6) is 0 Å². The molecule has 2 atom stereocenters. The molecule has 2 rings (SSSR count). The smallest absolute Gasteiger partial charge is 0.269 e. The molecular weight excluding hydrogens is 270 g/mol. The van der Waals surface area contributed by atoms with E-state index in [0.29, 0.717) is 6.42 Å². The molecule has 1 aromatic carbocycles. The zero-order chi connectivity index (χ0) is 15.4. The lowest BCUT2D eigenvalue weighted by atomic mass is 10.1. The van der Waals surface area contributed by atoms with E-state index in [4.69, 9.17) is 0 Å². The molecule has 114 valence electrons. The second-order valence-corrected chi connectivity index (χ2v) is 5.53. The van der Waals surface area contributed by atoms with Crippen molar-refractivity contribution in [3.63, 3.8) is 0 Å². The van der Waals surface area contributed by atoms with Crippen molar-refractivity contribution in [2.24, 2.45) is 0 Å². The maximum absolute atomic E-state index is 12.3. The van der Waals surface area contributed by atoms with Gasteiger partial charge in [0, 0.05) is 31.6 Å². The molecule has 0 radical (unpaired) electrons. The van der Waals surface area contributed by atoms with Crippen molar-refractivity contribution in [2.75, 3.05) is 13.6 Å². The summed E-state index contributed by atoms with van der Waals surface area (Å²) in [6.07, 6.45) is 2.63. The van der Waals surface area contributed by atoms with Gasteiger partial charge in [0.2, 0.25) is 5.91 Å². The van der Waals surface area contributed by atoms with Crippen LogP contribution in [0.1, 0.15) is 37.8 Å².